The van der Waals surface area contributed by atoms with Crippen LogP contribution in [0.25, 0.3) is 0 Å². The second-order valence-corrected chi connectivity index (χ2v) is 6.68. The van der Waals surface area contributed by atoms with Crippen LogP contribution in [-0.4, -0.2) is 15.9 Å². The predicted molar refractivity (Wildman–Crippen MR) is 93.5 cm³/mol. The van der Waals surface area contributed by atoms with Gasteiger partial charge in [0.15, 0.2) is 10.8 Å². The van der Waals surface area contributed by atoms with Gasteiger partial charge in [0.25, 0.3) is 5.91 Å². The van der Waals surface area contributed by atoms with Crippen molar-refractivity contribution in [3.8, 4) is 11.6 Å². The first-order valence-corrected chi connectivity index (χ1v) is 8.73. The molecule has 26 heavy (non-hydrogen) atoms. The van der Waals surface area contributed by atoms with Crippen molar-refractivity contribution in [2.75, 3.05) is 5.32 Å². The van der Waals surface area contributed by atoms with Crippen molar-refractivity contribution in [3.05, 3.63) is 63.7 Å². The average molecular weight is 444 g/mol. The molecule has 1 N–H and O–H groups in total. The summed E-state index contributed by atoms with van der Waals surface area (Å²) in [5, 5.41) is 2.99. The van der Waals surface area contributed by atoms with Crippen LogP contribution in [0.3, 0.4) is 0 Å². The third-order valence-corrected chi connectivity index (χ3v) is 4.29. The number of pyridine rings is 1. The molecule has 3 aromatic rings. The van der Waals surface area contributed by atoms with E-state index in [0.717, 1.165) is 9.85 Å². The van der Waals surface area contributed by atoms with Gasteiger partial charge in [-0.25, -0.2) is 9.97 Å². The molecule has 0 aliphatic rings. The molecule has 0 radical (unpaired) electrons. The van der Waals surface area contributed by atoms with Crippen LogP contribution in [0.5, 0.6) is 11.6 Å². The molecule has 2 aromatic heterocycles. The van der Waals surface area contributed by atoms with E-state index in [-0.39, 0.29) is 16.6 Å². The van der Waals surface area contributed by atoms with Gasteiger partial charge in [0, 0.05) is 16.0 Å². The van der Waals surface area contributed by atoms with E-state index < -0.39 is 17.8 Å². The second kappa shape index (κ2) is 7.42. The van der Waals surface area contributed by atoms with E-state index in [0.29, 0.717) is 17.1 Å². The van der Waals surface area contributed by atoms with E-state index in [1.807, 2.05) is 0 Å². The molecule has 0 bridgehead atoms. The van der Waals surface area contributed by atoms with Crippen molar-refractivity contribution in [1.29, 1.82) is 0 Å². The number of aromatic nitrogens is 2. The molecule has 0 atom stereocenters. The molecule has 10 heteroatoms. The number of amides is 1. The third-order valence-electron chi connectivity index (χ3n) is 3.04. The van der Waals surface area contributed by atoms with Crippen molar-refractivity contribution >= 4 is 38.3 Å². The summed E-state index contributed by atoms with van der Waals surface area (Å²) < 4.78 is 44.2. The first-order chi connectivity index (χ1) is 12.3. The molecule has 0 fully saturated rings. The number of carbonyl (C=O) groups is 1. The Bertz CT molecular complexity index is 946. The van der Waals surface area contributed by atoms with Gasteiger partial charge in [0.2, 0.25) is 5.88 Å². The van der Waals surface area contributed by atoms with Crippen molar-refractivity contribution in [1.82, 2.24) is 9.97 Å². The van der Waals surface area contributed by atoms with Crippen LogP contribution in [0.4, 0.5) is 18.3 Å². The standard InChI is InChI=1S/C16H9BrF3N3O2S/c17-9-3-1-4-10(7-9)25-14-11(5-2-6-21-14)13(24)23-15-22-12(8-26-15)16(18,19)20/h1-8H,(H,22,23,24). The summed E-state index contributed by atoms with van der Waals surface area (Å²) in [5.74, 6) is -0.206. The number of alkyl halides is 3. The molecule has 0 spiro atoms. The first-order valence-electron chi connectivity index (χ1n) is 7.05. The molecule has 2 heterocycles. The Morgan fingerprint density at radius 2 is 2.04 bits per heavy atom. The molecule has 0 aliphatic heterocycles. The number of anilines is 1. The van der Waals surface area contributed by atoms with Gasteiger partial charge in [-0.2, -0.15) is 13.2 Å². The fraction of sp³-hybridized carbons (Fsp3) is 0.0625. The fourth-order valence-electron chi connectivity index (χ4n) is 1.91. The maximum Gasteiger partial charge on any atom is 0.434 e. The Balaban J connectivity index is 1.81. The van der Waals surface area contributed by atoms with E-state index >= 15 is 0 Å². The molecule has 3 rings (SSSR count). The summed E-state index contributed by atoms with van der Waals surface area (Å²) >= 11 is 3.99. The Morgan fingerprint density at radius 1 is 1.23 bits per heavy atom. The molecule has 0 unspecified atom stereocenters. The zero-order valence-electron chi connectivity index (χ0n) is 12.7. The summed E-state index contributed by atoms with van der Waals surface area (Å²) in [5.41, 5.74) is -0.995. The number of nitrogens with one attached hydrogen (secondary N) is 1. The Kier molecular flexibility index (Phi) is 5.23. The van der Waals surface area contributed by atoms with Gasteiger partial charge in [-0.05, 0) is 30.3 Å². The highest BCUT2D eigenvalue weighted by atomic mass is 79.9. The van der Waals surface area contributed by atoms with Gasteiger partial charge in [-0.1, -0.05) is 22.0 Å². The Labute approximate surface area is 158 Å². The van der Waals surface area contributed by atoms with Gasteiger partial charge in [0.05, 0.1) is 0 Å². The monoisotopic (exact) mass is 443 g/mol. The van der Waals surface area contributed by atoms with E-state index in [2.05, 4.69) is 31.2 Å². The molecule has 5 nitrogen and oxygen atoms in total. The van der Waals surface area contributed by atoms with Crippen LogP contribution >= 0.6 is 27.3 Å². The SMILES string of the molecule is O=C(Nc1nc(C(F)(F)F)cs1)c1cccnc1Oc1cccc(Br)c1. The minimum atomic E-state index is -4.57. The number of ether oxygens (including phenoxy) is 1. The lowest BCUT2D eigenvalue weighted by Gasteiger charge is -2.09. The number of hydrogen-bond donors (Lipinski definition) is 1. The average Bonchev–Trinajstić information content (AvgIpc) is 3.04. The smallest absolute Gasteiger partial charge is 0.434 e. The first kappa shape index (κ1) is 18.3. The van der Waals surface area contributed by atoms with Crippen molar-refractivity contribution in [3.63, 3.8) is 0 Å². The number of nitrogens with zero attached hydrogens (tertiary/aromatic N) is 2. The quantitative estimate of drug-likeness (QED) is 0.588. The highest BCUT2D eigenvalue weighted by molar-refractivity contribution is 9.10. The third kappa shape index (κ3) is 4.38. The van der Waals surface area contributed by atoms with Crippen molar-refractivity contribution in [2.45, 2.75) is 6.18 Å². The second-order valence-electron chi connectivity index (χ2n) is 4.91. The molecule has 1 aromatic carbocycles. The highest BCUT2D eigenvalue weighted by Gasteiger charge is 2.34. The summed E-state index contributed by atoms with van der Waals surface area (Å²) in [4.78, 5) is 19.8. The predicted octanol–water partition coefficient (Wildman–Crippen LogP) is 5.36. The zero-order valence-corrected chi connectivity index (χ0v) is 15.2. The van der Waals surface area contributed by atoms with Gasteiger partial charge < -0.3 is 4.74 Å². The topological polar surface area (TPSA) is 64.1 Å². The molecule has 0 saturated carbocycles. The van der Waals surface area contributed by atoms with Crippen LogP contribution in [0.15, 0.2) is 52.4 Å². The van der Waals surface area contributed by atoms with Crippen LogP contribution in [-0.2, 0) is 6.18 Å². The number of benzene rings is 1. The lowest BCUT2D eigenvalue weighted by Crippen LogP contribution is -2.14. The molecule has 0 aliphatic carbocycles. The highest BCUT2D eigenvalue weighted by Crippen LogP contribution is 2.32. The Morgan fingerprint density at radius 3 is 2.73 bits per heavy atom. The van der Waals surface area contributed by atoms with E-state index in [4.69, 9.17) is 4.74 Å². The number of hydrogen-bond acceptors (Lipinski definition) is 5. The number of rotatable bonds is 4. The molecular weight excluding hydrogens is 435 g/mol. The van der Waals surface area contributed by atoms with Crippen LogP contribution in [0.1, 0.15) is 16.1 Å². The van der Waals surface area contributed by atoms with Gasteiger partial charge in [-0.3, -0.25) is 10.1 Å². The van der Waals surface area contributed by atoms with Crippen molar-refractivity contribution in [2.24, 2.45) is 0 Å². The number of carbonyl (C=O) groups excluding carboxylic acids is 1. The van der Waals surface area contributed by atoms with E-state index in [1.165, 1.54) is 18.3 Å². The van der Waals surface area contributed by atoms with Crippen molar-refractivity contribution < 1.29 is 22.7 Å². The van der Waals surface area contributed by atoms with Crippen LogP contribution < -0.4 is 10.1 Å². The van der Waals surface area contributed by atoms with Crippen LogP contribution in [0.2, 0.25) is 0 Å². The lowest BCUT2D eigenvalue weighted by molar-refractivity contribution is -0.140. The van der Waals surface area contributed by atoms with E-state index in [9.17, 15) is 18.0 Å². The molecule has 0 saturated heterocycles. The molecule has 134 valence electrons. The normalized spacial score (nSPS) is 11.2. The minimum Gasteiger partial charge on any atom is -0.438 e. The largest absolute Gasteiger partial charge is 0.438 e. The number of halogens is 4. The van der Waals surface area contributed by atoms with Crippen LogP contribution in [0, 0.1) is 0 Å². The minimum absolute atomic E-state index is 0.0238. The van der Waals surface area contributed by atoms with Gasteiger partial charge in [-0.15, -0.1) is 11.3 Å². The maximum absolute atomic E-state index is 12.6. The molecular formula is C16H9BrF3N3O2S. The van der Waals surface area contributed by atoms with E-state index in [1.54, 1.807) is 24.3 Å². The van der Waals surface area contributed by atoms with Gasteiger partial charge in [0.1, 0.15) is 11.3 Å². The summed E-state index contributed by atoms with van der Waals surface area (Å²) in [6.07, 6.45) is -3.13. The summed E-state index contributed by atoms with van der Waals surface area (Å²) in [6, 6.07) is 9.89. The Hall–Kier alpha value is -2.46. The maximum atomic E-state index is 12.6. The van der Waals surface area contributed by atoms with Gasteiger partial charge >= 0.3 is 6.18 Å². The lowest BCUT2D eigenvalue weighted by atomic mass is 10.2. The molecule has 1 amide bonds. The summed E-state index contributed by atoms with van der Waals surface area (Å²) in [7, 11) is 0. The zero-order chi connectivity index (χ0) is 18.7. The number of thiazole rings is 1. The summed E-state index contributed by atoms with van der Waals surface area (Å²) in [6.45, 7) is 0. The fourth-order valence-corrected chi connectivity index (χ4v) is 3.00.